The van der Waals surface area contributed by atoms with Crippen molar-refractivity contribution in [1.82, 2.24) is 19.5 Å². The maximum absolute atomic E-state index is 13.4. The molecule has 3 N–H and O–H groups in total. The molecule has 2 aliphatic rings. The van der Waals surface area contributed by atoms with Crippen LogP contribution in [0.2, 0.25) is 0 Å². The predicted octanol–water partition coefficient (Wildman–Crippen LogP) is 7.05. The molecule has 7 atom stereocenters. The molecule has 0 amide bonds. The standard InChI is InChI=1S/C43H58N4O7/c1-9-18-35(49)43(5,6)37-22-14-12-10-11-13-21-32(52-8)26-38-44-27-33(45-38)40(50)53-36(42(3,4)29(2)48)23-17-20-31-25-30(31)19-15-16-24-39-46-34(28-47(39)7)41(51)54-37/h9-21,24,27-32,35-37,48-49H,22-23,25-26H2,1-8H3,(H,44,45)/b11-10-,14-12-,18-9+,19-15+,20-17-,21-13+,24-16-/t29?,30-,31+,32+,35+,36+,37+/m1/s1. The summed E-state index contributed by atoms with van der Waals surface area (Å²) in [6.07, 6.45) is 29.0. The van der Waals surface area contributed by atoms with Crippen molar-refractivity contribution in [3.63, 3.8) is 0 Å². The van der Waals surface area contributed by atoms with Gasteiger partial charge in [0.25, 0.3) is 0 Å². The summed E-state index contributed by atoms with van der Waals surface area (Å²) in [6.45, 7) is 11.1. The van der Waals surface area contributed by atoms with Crippen LogP contribution in [0.15, 0.2) is 91.4 Å². The highest BCUT2D eigenvalue weighted by Gasteiger charge is 2.39. The molecule has 0 saturated heterocycles. The number of esters is 2. The second kappa shape index (κ2) is 19.1. The minimum absolute atomic E-state index is 0.185. The maximum atomic E-state index is 13.4. The maximum Gasteiger partial charge on any atom is 0.358 e. The van der Waals surface area contributed by atoms with Crippen LogP contribution in [0.1, 0.15) is 93.4 Å². The first-order chi connectivity index (χ1) is 25.7. The van der Waals surface area contributed by atoms with Crippen LogP contribution in [0.3, 0.4) is 0 Å². The number of H-pyrrole nitrogens is 1. The van der Waals surface area contributed by atoms with E-state index >= 15 is 0 Å². The van der Waals surface area contributed by atoms with Gasteiger partial charge in [0, 0.05) is 50.4 Å². The number of rotatable bonds is 6. The number of aliphatic hydroxyl groups excluding tert-OH is 2. The number of methoxy groups -OCH3 is 1. The van der Waals surface area contributed by atoms with Crippen LogP contribution in [0.4, 0.5) is 0 Å². The van der Waals surface area contributed by atoms with Crippen LogP contribution in [-0.2, 0) is 27.7 Å². The van der Waals surface area contributed by atoms with Crippen molar-refractivity contribution in [3.8, 4) is 0 Å². The highest BCUT2D eigenvalue weighted by Crippen LogP contribution is 2.41. The molecule has 11 heteroatoms. The zero-order valence-corrected chi connectivity index (χ0v) is 32.9. The van der Waals surface area contributed by atoms with Gasteiger partial charge < -0.3 is 34.0 Å². The number of allylic oxidation sites excluding steroid dienone is 9. The van der Waals surface area contributed by atoms with E-state index in [1.54, 1.807) is 36.9 Å². The van der Waals surface area contributed by atoms with Gasteiger partial charge in [0.2, 0.25) is 0 Å². The fraction of sp³-hybridized carbons (Fsp3) is 0.488. The Morgan fingerprint density at radius 3 is 2.31 bits per heavy atom. The summed E-state index contributed by atoms with van der Waals surface area (Å²) in [6, 6.07) is 0. The van der Waals surface area contributed by atoms with Gasteiger partial charge in [-0.05, 0) is 38.2 Å². The van der Waals surface area contributed by atoms with Crippen LogP contribution in [-0.4, -0.2) is 79.3 Å². The predicted molar refractivity (Wildman–Crippen MR) is 210 cm³/mol. The monoisotopic (exact) mass is 742 g/mol. The first-order valence-corrected chi connectivity index (χ1v) is 18.7. The molecular weight excluding hydrogens is 684 g/mol. The Hall–Kier alpha value is -4.58. The third kappa shape index (κ3) is 11.5. The molecule has 0 aromatic carbocycles. The van der Waals surface area contributed by atoms with Crippen molar-refractivity contribution < 1.29 is 34.0 Å². The van der Waals surface area contributed by atoms with Gasteiger partial charge in [-0.15, -0.1) is 0 Å². The van der Waals surface area contributed by atoms with Crippen molar-refractivity contribution in [3.05, 3.63) is 114 Å². The number of carbonyl (C=O) groups excluding carboxylic acids is 2. The molecule has 4 bridgehead atoms. The third-order valence-corrected chi connectivity index (χ3v) is 10.5. The number of nitrogens with zero attached hydrogens (tertiary/aromatic N) is 3. The number of aromatic nitrogens is 4. The van der Waals surface area contributed by atoms with Crippen LogP contribution in [0.5, 0.6) is 0 Å². The van der Waals surface area contributed by atoms with Gasteiger partial charge in [0.05, 0.1) is 24.5 Å². The number of aromatic amines is 1. The van der Waals surface area contributed by atoms with Crippen LogP contribution in [0, 0.1) is 22.7 Å². The Kier molecular flexibility index (Phi) is 14.9. The molecule has 2 aromatic heterocycles. The molecule has 2 aromatic rings. The number of cyclic esters (lactones) is 2. The molecule has 1 aliphatic heterocycles. The number of aliphatic hydroxyl groups is 2. The average molecular weight is 743 g/mol. The average Bonchev–Trinajstić information content (AvgIpc) is 3.50. The van der Waals surface area contributed by atoms with Crippen molar-refractivity contribution >= 4 is 18.0 Å². The van der Waals surface area contributed by atoms with Crippen molar-refractivity contribution in [2.24, 2.45) is 29.7 Å². The van der Waals surface area contributed by atoms with E-state index in [1.807, 2.05) is 102 Å². The number of ether oxygens (including phenoxy) is 3. The lowest BCUT2D eigenvalue weighted by Gasteiger charge is -2.36. The minimum atomic E-state index is -0.841. The summed E-state index contributed by atoms with van der Waals surface area (Å²) in [4.78, 5) is 38.7. The smallest absolute Gasteiger partial charge is 0.358 e. The molecule has 1 saturated carbocycles. The number of carbonyl (C=O) groups is 2. The van der Waals surface area contributed by atoms with Crippen molar-refractivity contribution in [2.45, 2.75) is 97.7 Å². The summed E-state index contributed by atoms with van der Waals surface area (Å²) < 4.78 is 19.4. The molecule has 4 rings (SSSR count). The van der Waals surface area contributed by atoms with Gasteiger partial charge in [-0.3, -0.25) is 0 Å². The Labute approximate surface area is 319 Å². The van der Waals surface area contributed by atoms with E-state index in [-0.39, 0.29) is 17.5 Å². The Bertz CT molecular complexity index is 1770. The quantitative estimate of drug-likeness (QED) is 0.209. The number of hydrogen-bond donors (Lipinski definition) is 3. The molecule has 11 nitrogen and oxygen atoms in total. The van der Waals surface area contributed by atoms with Gasteiger partial charge in [-0.1, -0.05) is 107 Å². The van der Waals surface area contributed by atoms with Gasteiger partial charge in [0.1, 0.15) is 29.6 Å². The van der Waals surface area contributed by atoms with Gasteiger partial charge >= 0.3 is 11.9 Å². The Balaban J connectivity index is 1.59. The van der Waals surface area contributed by atoms with E-state index in [0.717, 1.165) is 6.42 Å². The third-order valence-electron chi connectivity index (χ3n) is 10.5. The highest BCUT2D eigenvalue weighted by atomic mass is 16.6. The number of imidazole rings is 2. The summed E-state index contributed by atoms with van der Waals surface area (Å²) >= 11 is 0. The van der Waals surface area contributed by atoms with E-state index in [1.165, 1.54) is 6.20 Å². The number of nitrogens with one attached hydrogen (secondary N) is 1. The summed E-state index contributed by atoms with van der Waals surface area (Å²) in [7, 11) is 3.43. The molecule has 1 aliphatic carbocycles. The van der Waals surface area contributed by atoms with E-state index < -0.39 is 47.2 Å². The lowest BCUT2D eigenvalue weighted by atomic mass is 9.79. The van der Waals surface area contributed by atoms with Crippen molar-refractivity contribution in [2.75, 3.05) is 7.11 Å². The van der Waals surface area contributed by atoms with Crippen LogP contribution >= 0.6 is 0 Å². The number of fused-ring (bicyclic) bond motifs is 5. The van der Waals surface area contributed by atoms with Gasteiger partial charge in [-0.25, -0.2) is 19.6 Å². The Morgan fingerprint density at radius 1 is 0.926 bits per heavy atom. The molecule has 3 heterocycles. The second-order valence-corrected chi connectivity index (χ2v) is 15.3. The highest BCUT2D eigenvalue weighted by molar-refractivity contribution is 5.88. The molecule has 0 spiro atoms. The van der Waals surface area contributed by atoms with E-state index in [4.69, 9.17) is 14.2 Å². The first kappa shape index (κ1) is 42.2. The molecule has 1 unspecified atom stereocenters. The van der Waals surface area contributed by atoms with E-state index in [0.29, 0.717) is 42.7 Å². The fourth-order valence-corrected chi connectivity index (χ4v) is 6.00. The number of hydrogen-bond acceptors (Lipinski definition) is 9. The largest absolute Gasteiger partial charge is 0.457 e. The summed E-state index contributed by atoms with van der Waals surface area (Å²) in [5.74, 6) is 0.818. The Morgan fingerprint density at radius 2 is 1.59 bits per heavy atom. The van der Waals surface area contributed by atoms with Crippen LogP contribution < -0.4 is 0 Å². The molecular formula is C43H58N4O7. The minimum Gasteiger partial charge on any atom is -0.457 e. The lowest BCUT2D eigenvalue weighted by Crippen LogP contribution is -2.42. The first-order valence-electron chi connectivity index (χ1n) is 18.7. The number of aryl methyl sites for hydroxylation is 1. The van der Waals surface area contributed by atoms with Gasteiger partial charge in [-0.2, -0.15) is 0 Å². The normalized spacial score (nSPS) is 28.4. The SMILES string of the molecule is C/C=C/[C@H](O)C(C)(C)[C@@H]1C\C=C/C=C\C=C\[C@H](OC)Cc2ncc([nH]2)C(=O)O[C@H](C(C)(C)C(C)O)C/C=C\[C@H]2C[C@H]2/C=C/C=C\c2nc(cn2C)C(=O)O1. The zero-order valence-electron chi connectivity index (χ0n) is 32.9. The zero-order chi connectivity index (χ0) is 39.5. The van der Waals surface area contributed by atoms with E-state index in [2.05, 4.69) is 27.1 Å². The molecule has 54 heavy (non-hydrogen) atoms. The van der Waals surface area contributed by atoms with E-state index in [9.17, 15) is 19.8 Å². The summed E-state index contributed by atoms with van der Waals surface area (Å²) in [5.41, 5.74) is -1.07. The topological polar surface area (TPSA) is 149 Å². The van der Waals surface area contributed by atoms with Gasteiger partial charge in [0.15, 0.2) is 5.69 Å². The molecule has 0 radical (unpaired) electrons. The van der Waals surface area contributed by atoms with Crippen molar-refractivity contribution in [1.29, 1.82) is 0 Å². The van der Waals surface area contributed by atoms with Crippen LogP contribution in [0.25, 0.3) is 6.08 Å². The summed E-state index contributed by atoms with van der Waals surface area (Å²) in [5, 5.41) is 21.5. The second-order valence-electron chi connectivity index (χ2n) is 15.3. The molecule has 1 fully saturated rings. The lowest BCUT2D eigenvalue weighted by molar-refractivity contribution is -0.0546. The molecule has 292 valence electrons. The fourth-order valence-electron chi connectivity index (χ4n) is 6.00.